The smallest absolute Gasteiger partial charge is 0.307 e. The maximum Gasteiger partial charge on any atom is 0.307 e. The average Bonchev–Trinajstić information content (AvgIpc) is 2.78. The zero-order valence-corrected chi connectivity index (χ0v) is 9.93. The molecule has 0 radical (unpaired) electrons. The zero-order valence-electron chi connectivity index (χ0n) is 9.93. The lowest BCUT2D eigenvalue weighted by molar-refractivity contribution is -0.141. The summed E-state index contributed by atoms with van der Waals surface area (Å²) in [7, 11) is 1.65. The van der Waals surface area contributed by atoms with Gasteiger partial charge in [0.2, 0.25) is 0 Å². The fraction of sp³-hybridized carbons (Fsp3) is 0.462. The van der Waals surface area contributed by atoms with E-state index in [1.165, 1.54) is 0 Å². The van der Waals surface area contributed by atoms with Gasteiger partial charge < -0.3 is 9.84 Å². The second-order valence-electron chi connectivity index (χ2n) is 4.41. The molecule has 1 atom stereocenters. The van der Waals surface area contributed by atoms with Crippen LogP contribution in [0.2, 0.25) is 0 Å². The summed E-state index contributed by atoms with van der Waals surface area (Å²) < 4.78 is 5.17. The fourth-order valence-electron chi connectivity index (χ4n) is 2.21. The summed E-state index contributed by atoms with van der Waals surface area (Å²) in [5.74, 6) is -0.0461. The van der Waals surface area contributed by atoms with Gasteiger partial charge in [-0.1, -0.05) is 12.1 Å². The van der Waals surface area contributed by atoms with Crippen molar-refractivity contribution in [2.45, 2.75) is 13.0 Å². The van der Waals surface area contributed by atoms with E-state index < -0.39 is 5.97 Å². The molecule has 1 N–H and O–H groups in total. The maximum absolute atomic E-state index is 10.9. The summed E-state index contributed by atoms with van der Waals surface area (Å²) in [6, 6.07) is 7.90. The van der Waals surface area contributed by atoms with E-state index in [1.807, 2.05) is 24.3 Å². The first-order chi connectivity index (χ1) is 8.19. The van der Waals surface area contributed by atoms with E-state index in [0.717, 1.165) is 30.8 Å². The summed E-state index contributed by atoms with van der Waals surface area (Å²) in [6.45, 7) is 2.29. The first kappa shape index (κ1) is 11.9. The SMILES string of the molecule is COc1cccc(CN2CC[C@H](C(=O)O)C2)c1. The minimum absolute atomic E-state index is 0.208. The Morgan fingerprint density at radius 1 is 1.59 bits per heavy atom. The van der Waals surface area contributed by atoms with Crippen molar-refractivity contribution in [1.29, 1.82) is 0 Å². The van der Waals surface area contributed by atoms with Crippen LogP contribution in [0.5, 0.6) is 5.75 Å². The molecule has 92 valence electrons. The van der Waals surface area contributed by atoms with Crippen LogP contribution in [0.4, 0.5) is 0 Å². The molecule has 0 saturated carbocycles. The second kappa shape index (κ2) is 5.19. The van der Waals surface area contributed by atoms with Crippen molar-refractivity contribution in [1.82, 2.24) is 4.90 Å². The van der Waals surface area contributed by atoms with Gasteiger partial charge in [0.25, 0.3) is 0 Å². The number of rotatable bonds is 4. The number of ether oxygens (including phenoxy) is 1. The molecule has 1 heterocycles. The highest BCUT2D eigenvalue weighted by atomic mass is 16.5. The Bertz CT molecular complexity index is 405. The van der Waals surface area contributed by atoms with E-state index in [0.29, 0.717) is 6.54 Å². The standard InChI is InChI=1S/C13H17NO3/c1-17-12-4-2-3-10(7-12)8-14-6-5-11(9-14)13(15)16/h2-4,7,11H,5-6,8-9H2,1H3,(H,15,16)/t11-/m0/s1. The number of methoxy groups -OCH3 is 1. The first-order valence-corrected chi connectivity index (χ1v) is 5.77. The largest absolute Gasteiger partial charge is 0.497 e. The molecule has 1 aliphatic rings. The molecule has 1 aromatic rings. The quantitative estimate of drug-likeness (QED) is 0.861. The molecule has 4 nitrogen and oxygen atoms in total. The van der Waals surface area contributed by atoms with Gasteiger partial charge in [0.1, 0.15) is 5.75 Å². The van der Waals surface area contributed by atoms with E-state index in [2.05, 4.69) is 4.90 Å². The monoisotopic (exact) mass is 235 g/mol. The van der Waals surface area contributed by atoms with E-state index >= 15 is 0 Å². The molecule has 1 aliphatic heterocycles. The number of likely N-dealkylation sites (tertiary alicyclic amines) is 1. The highest BCUT2D eigenvalue weighted by Crippen LogP contribution is 2.20. The third-order valence-corrected chi connectivity index (χ3v) is 3.16. The minimum atomic E-state index is -0.682. The Labute approximate surface area is 101 Å². The molecule has 2 rings (SSSR count). The number of nitrogens with zero attached hydrogens (tertiary/aromatic N) is 1. The summed E-state index contributed by atoms with van der Waals surface area (Å²) >= 11 is 0. The number of benzene rings is 1. The van der Waals surface area contributed by atoms with Gasteiger partial charge in [0.05, 0.1) is 13.0 Å². The van der Waals surface area contributed by atoms with Crippen LogP contribution in [-0.4, -0.2) is 36.2 Å². The Kier molecular flexibility index (Phi) is 3.64. The molecule has 0 unspecified atom stereocenters. The number of hydrogen-bond acceptors (Lipinski definition) is 3. The van der Waals surface area contributed by atoms with Gasteiger partial charge in [0, 0.05) is 13.1 Å². The normalized spacial score (nSPS) is 20.4. The zero-order chi connectivity index (χ0) is 12.3. The molecule has 0 spiro atoms. The molecular weight excluding hydrogens is 218 g/mol. The molecule has 17 heavy (non-hydrogen) atoms. The second-order valence-corrected chi connectivity index (χ2v) is 4.41. The Morgan fingerprint density at radius 2 is 2.41 bits per heavy atom. The highest BCUT2D eigenvalue weighted by Gasteiger charge is 2.27. The van der Waals surface area contributed by atoms with Crippen molar-refractivity contribution in [3.63, 3.8) is 0 Å². The van der Waals surface area contributed by atoms with Gasteiger partial charge in [-0.2, -0.15) is 0 Å². The molecule has 4 heteroatoms. The lowest BCUT2D eigenvalue weighted by Crippen LogP contribution is -2.22. The molecular formula is C13H17NO3. The minimum Gasteiger partial charge on any atom is -0.497 e. The van der Waals surface area contributed by atoms with Gasteiger partial charge in [-0.25, -0.2) is 0 Å². The Hall–Kier alpha value is -1.55. The first-order valence-electron chi connectivity index (χ1n) is 5.77. The van der Waals surface area contributed by atoms with Crippen LogP contribution < -0.4 is 4.74 Å². The van der Waals surface area contributed by atoms with Gasteiger partial charge >= 0.3 is 5.97 Å². The molecule has 0 amide bonds. The van der Waals surface area contributed by atoms with Crippen molar-refractivity contribution < 1.29 is 14.6 Å². The summed E-state index contributed by atoms with van der Waals surface area (Å²) in [5, 5.41) is 8.93. The third kappa shape index (κ3) is 2.97. The van der Waals surface area contributed by atoms with Gasteiger partial charge in [-0.15, -0.1) is 0 Å². The Balaban J connectivity index is 1.95. The number of carboxylic acids is 1. The molecule has 1 saturated heterocycles. The van der Waals surface area contributed by atoms with Gasteiger partial charge in [-0.05, 0) is 30.7 Å². The van der Waals surface area contributed by atoms with E-state index in [4.69, 9.17) is 9.84 Å². The third-order valence-electron chi connectivity index (χ3n) is 3.16. The van der Waals surface area contributed by atoms with Gasteiger partial charge in [-0.3, -0.25) is 9.69 Å². The lowest BCUT2D eigenvalue weighted by Gasteiger charge is -2.15. The van der Waals surface area contributed by atoms with Crippen LogP contribution in [-0.2, 0) is 11.3 Å². The topological polar surface area (TPSA) is 49.8 Å². The number of hydrogen-bond donors (Lipinski definition) is 1. The lowest BCUT2D eigenvalue weighted by atomic mass is 10.1. The predicted octanol–water partition coefficient (Wildman–Crippen LogP) is 1.60. The van der Waals surface area contributed by atoms with Crippen molar-refractivity contribution in [2.75, 3.05) is 20.2 Å². The molecule has 1 aromatic carbocycles. The van der Waals surface area contributed by atoms with Gasteiger partial charge in [0.15, 0.2) is 0 Å². The van der Waals surface area contributed by atoms with Crippen molar-refractivity contribution in [3.05, 3.63) is 29.8 Å². The van der Waals surface area contributed by atoms with Crippen LogP contribution in [0, 0.1) is 5.92 Å². The van der Waals surface area contributed by atoms with Crippen LogP contribution in [0.3, 0.4) is 0 Å². The van der Waals surface area contributed by atoms with Crippen LogP contribution >= 0.6 is 0 Å². The molecule has 1 fully saturated rings. The molecule has 0 aliphatic carbocycles. The average molecular weight is 235 g/mol. The number of aliphatic carboxylic acids is 1. The van der Waals surface area contributed by atoms with E-state index in [9.17, 15) is 4.79 Å². The number of carbonyl (C=O) groups is 1. The van der Waals surface area contributed by atoms with Crippen molar-refractivity contribution >= 4 is 5.97 Å². The highest BCUT2D eigenvalue weighted by molar-refractivity contribution is 5.70. The van der Waals surface area contributed by atoms with Crippen LogP contribution in [0.25, 0.3) is 0 Å². The number of carboxylic acid groups (broad SMARTS) is 1. The Morgan fingerprint density at radius 3 is 3.06 bits per heavy atom. The van der Waals surface area contributed by atoms with Crippen molar-refractivity contribution in [2.24, 2.45) is 5.92 Å². The predicted molar refractivity (Wildman–Crippen MR) is 64.0 cm³/mol. The maximum atomic E-state index is 10.9. The van der Waals surface area contributed by atoms with E-state index in [1.54, 1.807) is 7.11 Å². The molecule has 0 bridgehead atoms. The fourth-order valence-corrected chi connectivity index (χ4v) is 2.21. The van der Waals surface area contributed by atoms with E-state index in [-0.39, 0.29) is 5.92 Å². The van der Waals surface area contributed by atoms with Crippen molar-refractivity contribution in [3.8, 4) is 5.75 Å². The summed E-state index contributed by atoms with van der Waals surface area (Å²) in [5.41, 5.74) is 1.16. The molecule has 0 aromatic heterocycles. The van der Waals surface area contributed by atoms with Crippen LogP contribution in [0.15, 0.2) is 24.3 Å². The van der Waals surface area contributed by atoms with Crippen LogP contribution in [0.1, 0.15) is 12.0 Å². The summed E-state index contributed by atoms with van der Waals surface area (Å²) in [4.78, 5) is 13.0. The summed E-state index contributed by atoms with van der Waals surface area (Å²) in [6.07, 6.45) is 0.749.